The van der Waals surface area contributed by atoms with Gasteiger partial charge in [-0.1, -0.05) is 19.1 Å². The maximum Gasteiger partial charge on any atom is -0.0579 e. The summed E-state index contributed by atoms with van der Waals surface area (Å²) in [7, 11) is 0. The van der Waals surface area contributed by atoms with E-state index >= 15 is 0 Å². The molecule has 0 atom stereocenters. The molecule has 5 rings (SSSR count). The van der Waals surface area contributed by atoms with E-state index in [9.17, 15) is 0 Å². The smallest absolute Gasteiger partial charge is 0.0579 e. The largest absolute Gasteiger partial charge is 1.00 e. The molecule has 5 aromatic rings. The molecule has 0 unspecified atom stereocenters. The average molecular weight is 511 g/mol. The fraction of sp³-hybridized carbons (Fsp3) is 0.0741. The Morgan fingerprint density at radius 1 is 0.700 bits per heavy atom. The van der Waals surface area contributed by atoms with E-state index in [0.717, 1.165) is 0 Å². The molecule has 30 heavy (non-hydrogen) atoms. The molecule has 0 N–H and O–H groups in total. The summed E-state index contributed by atoms with van der Waals surface area (Å²) in [6, 6.07) is 38.0. The van der Waals surface area contributed by atoms with Crippen molar-refractivity contribution >= 4 is 24.8 Å². The monoisotopic (exact) mass is 508 g/mol. The third-order valence-electron chi connectivity index (χ3n) is 4.52. The summed E-state index contributed by atoms with van der Waals surface area (Å²) in [6.45, 7) is 4.29. The second-order valence-corrected chi connectivity index (χ2v) is 8.65. The van der Waals surface area contributed by atoms with Crippen molar-refractivity contribution in [2.45, 2.75) is 13.8 Å². The Labute approximate surface area is 206 Å². The van der Waals surface area contributed by atoms with Crippen LogP contribution >= 0.6 is 0 Å². The van der Waals surface area contributed by atoms with Crippen molar-refractivity contribution in [3.05, 3.63) is 120 Å². The predicted molar refractivity (Wildman–Crippen MR) is 120 cm³/mol. The van der Waals surface area contributed by atoms with Gasteiger partial charge in [-0.2, -0.15) is 23.6 Å². The molecule has 0 bridgehead atoms. The third kappa shape index (κ3) is 7.80. The summed E-state index contributed by atoms with van der Waals surface area (Å²) in [5, 5.41) is 5.36. The van der Waals surface area contributed by atoms with Crippen LogP contribution in [0.1, 0.15) is 18.1 Å². The Morgan fingerprint density at radius 2 is 1.27 bits per heavy atom. The molecule has 0 fully saturated rings. The van der Waals surface area contributed by atoms with Crippen LogP contribution in [-0.4, -0.2) is 3.21 Å². The number of halogens is 2. The van der Waals surface area contributed by atoms with Gasteiger partial charge in [-0.3, -0.25) is 0 Å². The first-order valence-electron chi connectivity index (χ1n) is 9.46. The van der Waals surface area contributed by atoms with Crippen molar-refractivity contribution in [3.8, 4) is 0 Å². The molecule has 152 valence electrons. The Kier molecular flexibility index (Phi) is 11.8. The zero-order valence-electron chi connectivity index (χ0n) is 17.1. The summed E-state index contributed by atoms with van der Waals surface area (Å²) in [6.07, 6.45) is 0. The minimum absolute atomic E-state index is 0. The van der Waals surface area contributed by atoms with Crippen molar-refractivity contribution in [2.75, 3.05) is 0 Å². The normalized spacial score (nSPS) is 9.33. The van der Waals surface area contributed by atoms with Crippen LogP contribution in [-0.2, 0) is 24.2 Å². The Balaban J connectivity index is 0.000000218. The predicted octanol–water partition coefficient (Wildman–Crippen LogP) is 1.21. The number of rotatable bonds is 1. The van der Waals surface area contributed by atoms with E-state index in [0.29, 0.717) is 0 Å². The van der Waals surface area contributed by atoms with E-state index in [1.807, 2.05) is 6.07 Å². The van der Waals surface area contributed by atoms with E-state index in [2.05, 4.69) is 117 Å². The summed E-state index contributed by atoms with van der Waals surface area (Å²) >= 11 is 1.51. The molecule has 0 nitrogen and oxygen atoms in total. The van der Waals surface area contributed by atoms with Crippen LogP contribution in [0, 0.1) is 6.92 Å². The summed E-state index contributed by atoms with van der Waals surface area (Å²) in [5.74, 6) is 0. The van der Waals surface area contributed by atoms with Gasteiger partial charge in [0.25, 0.3) is 0 Å². The summed E-state index contributed by atoms with van der Waals surface area (Å²) in [4.78, 5) is 0. The zero-order valence-corrected chi connectivity index (χ0v) is 21.1. The molecule has 0 aliphatic carbocycles. The molecule has 0 spiro atoms. The van der Waals surface area contributed by atoms with Crippen LogP contribution in [0.25, 0.3) is 21.5 Å². The standard InChI is InChI=1S/C10H9.C9H7.C8H8.2ClH.Zr/c1-8-6-9-4-2-3-5-10(9)7-8;1-2-5-9-7-3-6-8(9)4-1;1-2-8-6-4-3-5-7-8;;;/h2-7H,1H3;1-7H;3-7H,1H3;2*1H;/q2*-1;;;;+2/p-2. The molecule has 0 aliphatic heterocycles. The second-order valence-electron chi connectivity index (χ2n) is 6.81. The SMILES string of the molecule is C[C](=[Zr+2])c1ccccc1.Cc1cc2ccccc2[cH-]1.[Cl-].[Cl-].c1ccc2[cH-]ccc2c1. The van der Waals surface area contributed by atoms with E-state index in [4.69, 9.17) is 0 Å². The van der Waals surface area contributed by atoms with Gasteiger partial charge in [0.2, 0.25) is 0 Å². The molecule has 5 aromatic carbocycles. The molecule has 3 heteroatoms. The summed E-state index contributed by atoms with van der Waals surface area (Å²) in [5.41, 5.74) is 2.72. The van der Waals surface area contributed by atoms with Gasteiger partial charge in [0.15, 0.2) is 0 Å². The van der Waals surface area contributed by atoms with E-state index in [-0.39, 0.29) is 24.8 Å². The van der Waals surface area contributed by atoms with Crippen LogP contribution in [0.2, 0.25) is 0 Å². The van der Waals surface area contributed by atoms with Gasteiger partial charge in [-0.25, -0.2) is 0 Å². The van der Waals surface area contributed by atoms with Crippen LogP contribution in [0.3, 0.4) is 0 Å². The van der Waals surface area contributed by atoms with Gasteiger partial charge in [0, 0.05) is 0 Å². The number of hydrogen-bond donors (Lipinski definition) is 0. The first kappa shape index (κ1) is 26.2. The van der Waals surface area contributed by atoms with E-state index in [1.165, 1.54) is 60.1 Å². The quantitative estimate of drug-likeness (QED) is 0.298. The van der Waals surface area contributed by atoms with Gasteiger partial charge >= 0.3 is 70.3 Å². The molecule has 0 heterocycles. The maximum absolute atomic E-state index is 2.20. The van der Waals surface area contributed by atoms with Crippen molar-refractivity contribution in [2.24, 2.45) is 0 Å². The number of benzene rings is 3. The van der Waals surface area contributed by atoms with Gasteiger partial charge < -0.3 is 24.8 Å². The third-order valence-corrected chi connectivity index (χ3v) is 5.23. The van der Waals surface area contributed by atoms with Crippen LogP contribution in [0.15, 0.2) is 109 Å². The number of hydrogen-bond acceptors (Lipinski definition) is 0. The van der Waals surface area contributed by atoms with Gasteiger partial charge in [-0.15, -0.1) is 70.3 Å². The molecule has 0 saturated heterocycles. The summed E-state index contributed by atoms with van der Waals surface area (Å²) < 4.78 is 1.46. The molecule has 0 saturated carbocycles. The van der Waals surface area contributed by atoms with Crippen LogP contribution in [0.4, 0.5) is 0 Å². The average Bonchev–Trinajstić information content (AvgIpc) is 3.35. The molecule has 0 aliphatic rings. The van der Waals surface area contributed by atoms with Crippen molar-refractivity contribution in [3.63, 3.8) is 0 Å². The fourth-order valence-corrected chi connectivity index (χ4v) is 3.47. The van der Waals surface area contributed by atoms with Gasteiger partial charge in [-0.05, 0) is 0 Å². The molecule has 0 aromatic heterocycles. The number of aryl methyl sites for hydroxylation is 1. The van der Waals surface area contributed by atoms with Crippen LogP contribution in [0.5, 0.6) is 0 Å². The van der Waals surface area contributed by atoms with Gasteiger partial charge in [0.1, 0.15) is 0 Å². The first-order chi connectivity index (χ1) is 13.6. The molecule has 0 radical (unpaired) electrons. The number of fused-ring (bicyclic) bond motifs is 2. The Hall–Kier alpha value is -1.79. The Morgan fingerprint density at radius 3 is 1.83 bits per heavy atom. The van der Waals surface area contributed by atoms with Crippen molar-refractivity contribution < 1.29 is 49.0 Å². The minimum atomic E-state index is 0. The maximum atomic E-state index is 2.20. The van der Waals surface area contributed by atoms with Gasteiger partial charge in [0.05, 0.1) is 0 Å². The van der Waals surface area contributed by atoms with Crippen molar-refractivity contribution in [1.29, 1.82) is 0 Å². The minimum Gasteiger partial charge on any atom is -1.00 e. The zero-order chi connectivity index (χ0) is 19.8. The molecular weight excluding hydrogens is 486 g/mol. The molecular formula is C27H24Cl2Zr-2. The van der Waals surface area contributed by atoms with Crippen molar-refractivity contribution in [1.82, 2.24) is 0 Å². The first-order valence-corrected chi connectivity index (χ1v) is 10.7. The Bertz CT molecular complexity index is 1090. The molecule has 0 amide bonds. The van der Waals surface area contributed by atoms with E-state index < -0.39 is 0 Å². The fourth-order valence-electron chi connectivity index (χ4n) is 3.06. The second kappa shape index (κ2) is 13.5. The van der Waals surface area contributed by atoms with Crippen LogP contribution < -0.4 is 24.8 Å². The van der Waals surface area contributed by atoms with E-state index in [1.54, 1.807) is 0 Å². The topological polar surface area (TPSA) is 0 Å².